The summed E-state index contributed by atoms with van der Waals surface area (Å²) in [5, 5.41) is 15.8. The van der Waals surface area contributed by atoms with E-state index in [-0.39, 0.29) is 117 Å². The fourth-order valence-corrected chi connectivity index (χ4v) is 16.6. The van der Waals surface area contributed by atoms with Gasteiger partial charge in [0.25, 0.3) is 0 Å². The molecule has 0 spiro atoms. The summed E-state index contributed by atoms with van der Waals surface area (Å²) in [6, 6.07) is 5.68. The minimum Gasteiger partial charge on any atom is -0.508 e. The third-order valence-electron chi connectivity index (χ3n) is 13.7. The van der Waals surface area contributed by atoms with Gasteiger partial charge in [0.2, 0.25) is 0 Å². The van der Waals surface area contributed by atoms with E-state index in [2.05, 4.69) is 68.2 Å². The van der Waals surface area contributed by atoms with Gasteiger partial charge in [0.1, 0.15) is 50.4 Å². The van der Waals surface area contributed by atoms with Crippen LogP contribution in [0.3, 0.4) is 0 Å². The number of nitrogens with zero attached hydrogens (tertiary/aromatic N) is 4. The minimum absolute atomic E-state index is 0.0387. The Kier molecular flexibility index (Phi) is 9.06. The van der Waals surface area contributed by atoms with Gasteiger partial charge in [-0.2, -0.15) is 9.97 Å². The number of alkyl halides is 1. The zero-order valence-electron chi connectivity index (χ0n) is 35.3. The maximum Gasteiger partial charge on any atom is 0.319 e. The quantitative estimate of drug-likeness (QED) is 0.141. The Bertz CT molecular complexity index is 2430. The van der Waals surface area contributed by atoms with E-state index in [0.29, 0.717) is 29.6 Å². The first-order chi connectivity index (χ1) is 28.0. The maximum absolute atomic E-state index is 17.9. The van der Waals surface area contributed by atoms with Crippen LogP contribution in [0.15, 0.2) is 24.3 Å². The number of anilines is 1. The molecule has 2 bridgehead atoms. The average Bonchev–Trinajstić information content (AvgIpc) is 3.76. The molecule has 5 atom stereocenters. The second-order valence-corrected chi connectivity index (χ2v) is 23.7. The lowest BCUT2D eigenvalue weighted by Crippen LogP contribution is -2.60. The number of ether oxygens (including phenoxy) is 2. The highest BCUT2D eigenvalue weighted by molar-refractivity contribution is 6.90. The molecule has 0 radical (unpaired) electrons. The number of hydrogen-bond donors (Lipinski definition) is 2. The van der Waals surface area contributed by atoms with Crippen LogP contribution in [0.25, 0.3) is 32.8 Å². The van der Waals surface area contributed by atoms with Crippen molar-refractivity contribution in [2.24, 2.45) is 0 Å². The van der Waals surface area contributed by atoms with E-state index >= 15 is 8.78 Å². The molecular weight excluding hydrogens is 767 g/mol. The van der Waals surface area contributed by atoms with Crippen LogP contribution in [0.4, 0.5) is 19.0 Å². The molecule has 0 aliphatic carbocycles. The molecule has 5 aliphatic rings. The van der Waals surface area contributed by atoms with Crippen molar-refractivity contribution >= 4 is 47.2 Å². The Hall–Kier alpha value is -3.76. The fraction of sp³-hybridized carbons (Fsp3) is 0.545. The third-order valence-corrected chi connectivity index (χ3v) is 20.3. The van der Waals surface area contributed by atoms with Crippen molar-refractivity contribution in [3.8, 4) is 40.1 Å². The first-order valence-electron chi connectivity index (χ1n) is 21.4. The molecule has 4 aromatic rings. The second-order valence-electron chi connectivity index (χ2n) is 17.7. The van der Waals surface area contributed by atoms with Gasteiger partial charge in [0, 0.05) is 45.3 Å². The summed E-state index contributed by atoms with van der Waals surface area (Å²) < 4.78 is 79.1. The number of phenols is 1. The van der Waals surface area contributed by atoms with Crippen LogP contribution in [-0.4, -0.2) is 90.7 Å². The molecule has 13 heteroatoms. The van der Waals surface area contributed by atoms with Crippen LogP contribution in [0.5, 0.6) is 17.5 Å². The SMILES string of the molecule is [2H]C1([2H])CC[C@@]2(COc3nc4c5c(c(Cl)c(-c6cc(O)cc7ccc(F)c(C#C[Si](C(C)C)(C(C)C)C(C)C)c67)c(F)c5n3)OC[C@@H]3[C@@H]5CC[C@H](CN43)N5)C[C@@H](F)CN12. The number of aromatic nitrogens is 2. The lowest BCUT2D eigenvalue weighted by Gasteiger charge is -2.40. The molecule has 5 aliphatic heterocycles. The van der Waals surface area contributed by atoms with E-state index in [1.54, 1.807) is 11.0 Å². The topological polar surface area (TPSA) is 83.0 Å². The van der Waals surface area contributed by atoms with Crippen molar-refractivity contribution in [1.29, 1.82) is 0 Å². The molecule has 0 unspecified atom stereocenters. The van der Waals surface area contributed by atoms with E-state index in [0.717, 1.165) is 12.8 Å². The maximum atomic E-state index is 17.9. The molecule has 0 amide bonds. The van der Waals surface area contributed by atoms with Crippen LogP contribution in [0, 0.1) is 23.1 Å². The van der Waals surface area contributed by atoms with Gasteiger partial charge >= 0.3 is 6.01 Å². The molecule has 57 heavy (non-hydrogen) atoms. The molecular formula is C44H51ClF3N5O3Si. The number of aromatic hydroxyl groups is 1. The van der Waals surface area contributed by atoms with Gasteiger partial charge in [-0.3, -0.25) is 4.90 Å². The van der Waals surface area contributed by atoms with Crippen LogP contribution in [-0.2, 0) is 0 Å². The summed E-state index contributed by atoms with van der Waals surface area (Å²) in [5.41, 5.74) is 3.50. The monoisotopic (exact) mass is 819 g/mol. The van der Waals surface area contributed by atoms with Crippen molar-refractivity contribution in [1.82, 2.24) is 20.2 Å². The van der Waals surface area contributed by atoms with Crippen LogP contribution in [0.1, 0.15) is 82.0 Å². The zero-order chi connectivity index (χ0) is 41.9. The highest BCUT2D eigenvalue weighted by Crippen LogP contribution is 2.52. The van der Waals surface area contributed by atoms with Crippen molar-refractivity contribution in [2.45, 2.75) is 120 Å². The third kappa shape index (κ3) is 6.08. The summed E-state index contributed by atoms with van der Waals surface area (Å²) in [4.78, 5) is 13.3. The van der Waals surface area contributed by atoms with Crippen molar-refractivity contribution in [3.63, 3.8) is 0 Å². The Morgan fingerprint density at radius 2 is 1.88 bits per heavy atom. The molecule has 1 aromatic heterocycles. The number of hydrogen-bond acceptors (Lipinski definition) is 8. The van der Waals surface area contributed by atoms with E-state index in [9.17, 15) is 9.50 Å². The first kappa shape index (κ1) is 36.3. The number of phenolic OH excluding ortho intramolecular Hbond substituents is 1. The average molecular weight is 820 g/mol. The smallest absolute Gasteiger partial charge is 0.319 e. The highest BCUT2D eigenvalue weighted by atomic mass is 35.5. The predicted octanol–water partition coefficient (Wildman–Crippen LogP) is 9.31. The Labute approximate surface area is 341 Å². The number of piperazine rings is 1. The van der Waals surface area contributed by atoms with Crippen LogP contribution < -0.4 is 19.7 Å². The van der Waals surface area contributed by atoms with Gasteiger partial charge in [-0.1, -0.05) is 65.1 Å². The highest BCUT2D eigenvalue weighted by Gasteiger charge is 2.50. The summed E-state index contributed by atoms with van der Waals surface area (Å²) >= 11 is 7.32. The van der Waals surface area contributed by atoms with Gasteiger partial charge < -0.3 is 24.8 Å². The van der Waals surface area contributed by atoms with Crippen molar-refractivity contribution in [3.05, 3.63) is 46.5 Å². The molecule has 4 saturated heterocycles. The fourth-order valence-electron chi connectivity index (χ4n) is 11.0. The molecule has 9 rings (SSSR count). The number of halogens is 4. The molecule has 3 aromatic carbocycles. The van der Waals surface area contributed by atoms with Gasteiger partial charge in [-0.05, 0) is 78.0 Å². The molecule has 4 fully saturated rings. The summed E-state index contributed by atoms with van der Waals surface area (Å²) in [7, 11) is -2.35. The predicted molar refractivity (Wildman–Crippen MR) is 222 cm³/mol. The summed E-state index contributed by atoms with van der Waals surface area (Å²) in [6.07, 6.45) is 1.38. The summed E-state index contributed by atoms with van der Waals surface area (Å²) in [6.45, 7) is 12.0. The normalized spacial score (nSPS) is 27.0. The molecule has 6 heterocycles. The first-order valence-corrected chi connectivity index (χ1v) is 23.0. The van der Waals surface area contributed by atoms with E-state index in [4.69, 9.17) is 28.8 Å². The van der Waals surface area contributed by atoms with E-state index in [1.165, 1.54) is 18.2 Å². The number of rotatable bonds is 7. The second kappa shape index (κ2) is 14.2. The van der Waals surface area contributed by atoms with Crippen LogP contribution >= 0.6 is 11.6 Å². The Balaban J connectivity index is 1.26. The van der Waals surface area contributed by atoms with Crippen LogP contribution in [0.2, 0.25) is 21.6 Å². The van der Waals surface area contributed by atoms with Gasteiger partial charge in [-0.25, -0.2) is 13.2 Å². The number of benzene rings is 3. The largest absolute Gasteiger partial charge is 0.508 e. The van der Waals surface area contributed by atoms with E-state index in [1.807, 2.05) is 0 Å². The summed E-state index contributed by atoms with van der Waals surface area (Å²) in [5.74, 6) is 2.25. The lowest BCUT2D eigenvalue weighted by atomic mass is 9.92. The standard InChI is InChI=1S/C44H51ClF3N5O3Si/c1-23(2)57(24(3)4,25(5)6)15-12-30-32(47)10-8-26-16-29(54)17-31(35(26)30)36-38(45)41-37-40(39(36)48)50-43(56-22-44-13-7-14-52(44)19-27(46)18-44)51-42(37)53-20-28-9-11-33(49-28)34(53)21-55-41/h8,10,16-17,23-25,27-28,33-34,49,54H,7,9,11,13-14,18-22H2,1-6H3/t27-,28-,33+,34-,44+/m1/s1/i14D2. The van der Waals surface area contributed by atoms with Crippen molar-refractivity contribution in [2.75, 3.05) is 37.7 Å². The molecule has 0 saturated carbocycles. The lowest BCUT2D eigenvalue weighted by molar-refractivity contribution is 0.107. The Morgan fingerprint density at radius 1 is 1.11 bits per heavy atom. The zero-order valence-corrected chi connectivity index (χ0v) is 35.0. The number of nitrogens with one attached hydrogen (secondary N) is 1. The minimum atomic E-state index is -2.35. The number of fused-ring (bicyclic) bond motifs is 7. The Morgan fingerprint density at radius 3 is 2.63 bits per heavy atom. The molecule has 8 nitrogen and oxygen atoms in total. The molecule has 2 N–H and O–H groups in total. The van der Waals surface area contributed by atoms with E-state index < -0.39 is 37.9 Å². The van der Waals surface area contributed by atoms with Gasteiger partial charge in [-0.15, -0.1) is 5.54 Å². The van der Waals surface area contributed by atoms with Crippen molar-refractivity contribution < 1.29 is 30.5 Å². The van der Waals surface area contributed by atoms with Gasteiger partial charge in [0.05, 0.1) is 27.6 Å². The molecule has 302 valence electrons. The van der Waals surface area contributed by atoms with Gasteiger partial charge in [0.15, 0.2) is 11.6 Å².